The number of nitrogens with two attached hydrogens (primary N) is 1. The average Bonchev–Trinajstić information content (AvgIpc) is 2.63. The van der Waals surface area contributed by atoms with Gasteiger partial charge in [-0.25, -0.2) is 0 Å². The van der Waals surface area contributed by atoms with Crippen molar-refractivity contribution in [1.29, 1.82) is 0 Å². The topological polar surface area (TPSA) is 60.0 Å². The van der Waals surface area contributed by atoms with Crippen LogP contribution >= 0.6 is 0 Å². The number of nitrogens with one attached hydrogen (secondary N) is 1. The van der Waals surface area contributed by atoms with Crippen molar-refractivity contribution in [3.63, 3.8) is 0 Å². The van der Waals surface area contributed by atoms with Crippen LogP contribution in [0.3, 0.4) is 0 Å². The van der Waals surface area contributed by atoms with Crippen molar-refractivity contribution in [2.24, 2.45) is 5.92 Å². The van der Waals surface area contributed by atoms with Gasteiger partial charge in [0.2, 0.25) is 0 Å². The quantitative estimate of drug-likeness (QED) is 0.813. The van der Waals surface area contributed by atoms with E-state index >= 15 is 0 Å². The minimum absolute atomic E-state index is 0.000488. The average molecular weight is 249 g/mol. The van der Waals surface area contributed by atoms with Gasteiger partial charge >= 0.3 is 0 Å². The van der Waals surface area contributed by atoms with Crippen molar-refractivity contribution in [3.05, 3.63) is 18.0 Å². The van der Waals surface area contributed by atoms with Gasteiger partial charge in [-0.15, -0.1) is 0 Å². The van der Waals surface area contributed by atoms with Gasteiger partial charge in [0.1, 0.15) is 5.69 Å². The lowest BCUT2D eigenvalue weighted by Gasteiger charge is -2.25. The highest BCUT2D eigenvalue weighted by molar-refractivity contribution is 5.93. The van der Waals surface area contributed by atoms with Crippen molar-refractivity contribution in [3.8, 4) is 0 Å². The van der Waals surface area contributed by atoms with E-state index in [1.54, 1.807) is 6.07 Å². The van der Waals surface area contributed by atoms with Crippen LogP contribution in [0.5, 0.6) is 0 Å². The molecule has 4 heteroatoms. The summed E-state index contributed by atoms with van der Waals surface area (Å²) in [5.74, 6) is 0.831. The molecule has 4 nitrogen and oxygen atoms in total. The van der Waals surface area contributed by atoms with E-state index < -0.39 is 0 Å². The fourth-order valence-electron chi connectivity index (χ4n) is 2.41. The van der Waals surface area contributed by atoms with Crippen molar-refractivity contribution in [1.82, 2.24) is 9.88 Å². The summed E-state index contributed by atoms with van der Waals surface area (Å²) in [5.41, 5.74) is 7.10. The van der Waals surface area contributed by atoms with Crippen LogP contribution in [-0.2, 0) is 6.54 Å². The molecule has 1 fully saturated rings. The van der Waals surface area contributed by atoms with Crippen LogP contribution in [0.15, 0.2) is 12.3 Å². The monoisotopic (exact) mass is 249 g/mol. The minimum atomic E-state index is -0.000488. The minimum Gasteiger partial charge on any atom is -0.397 e. The molecule has 0 spiro atoms. The summed E-state index contributed by atoms with van der Waals surface area (Å²) in [7, 11) is 0. The summed E-state index contributed by atoms with van der Waals surface area (Å²) in [6.45, 7) is 3.71. The van der Waals surface area contributed by atoms with Gasteiger partial charge < -0.3 is 15.6 Å². The Morgan fingerprint density at radius 1 is 1.56 bits per heavy atom. The second-order valence-electron chi connectivity index (χ2n) is 5.19. The summed E-state index contributed by atoms with van der Waals surface area (Å²) in [6.07, 6.45) is 7.95. The van der Waals surface area contributed by atoms with Crippen molar-refractivity contribution in [2.45, 2.75) is 45.6 Å². The Kier molecular flexibility index (Phi) is 4.28. The predicted molar refractivity (Wildman–Crippen MR) is 73.4 cm³/mol. The van der Waals surface area contributed by atoms with Crippen molar-refractivity contribution in [2.75, 3.05) is 12.3 Å². The number of hydrogen-bond donors (Lipinski definition) is 2. The van der Waals surface area contributed by atoms with Gasteiger partial charge in [0, 0.05) is 19.3 Å². The molecule has 100 valence electrons. The number of carbonyl (C=O) groups is 1. The number of rotatable bonds is 6. The van der Waals surface area contributed by atoms with Gasteiger partial charge in [-0.1, -0.05) is 26.2 Å². The predicted octanol–water partition coefficient (Wildman–Crippen LogP) is 2.40. The molecule has 0 saturated heterocycles. The van der Waals surface area contributed by atoms with Gasteiger partial charge in [-0.3, -0.25) is 4.79 Å². The van der Waals surface area contributed by atoms with Crippen LogP contribution in [0.4, 0.5) is 5.69 Å². The van der Waals surface area contributed by atoms with Crippen molar-refractivity contribution < 1.29 is 4.79 Å². The Morgan fingerprint density at radius 3 is 2.94 bits per heavy atom. The number of carbonyl (C=O) groups excluding carboxylic acids is 1. The van der Waals surface area contributed by atoms with Crippen LogP contribution in [-0.4, -0.2) is 17.0 Å². The first-order valence-corrected chi connectivity index (χ1v) is 6.94. The van der Waals surface area contributed by atoms with Gasteiger partial charge in [-0.2, -0.15) is 0 Å². The van der Waals surface area contributed by atoms with Crippen LogP contribution in [0.1, 0.15) is 49.5 Å². The highest BCUT2D eigenvalue weighted by Crippen LogP contribution is 2.28. The zero-order chi connectivity index (χ0) is 13.0. The van der Waals surface area contributed by atoms with E-state index in [-0.39, 0.29) is 5.91 Å². The zero-order valence-corrected chi connectivity index (χ0v) is 11.1. The lowest BCUT2D eigenvalue weighted by atomic mass is 9.83. The summed E-state index contributed by atoms with van der Waals surface area (Å²) in [4.78, 5) is 12.1. The smallest absolute Gasteiger partial charge is 0.267 e. The van der Waals surface area contributed by atoms with E-state index in [2.05, 4.69) is 12.2 Å². The molecule has 1 heterocycles. The van der Waals surface area contributed by atoms with E-state index in [0.717, 1.165) is 31.8 Å². The SMILES string of the molecule is CCCn1cc(N)cc1C(=O)NCCC1CCC1. The fraction of sp³-hybridized carbons (Fsp3) is 0.643. The molecule has 1 saturated carbocycles. The van der Waals surface area contributed by atoms with Crippen molar-refractivity contribution >= 4 is 11.6 Å². The molecule has 0 aromatic carbocycles. The maximum Gasteiger partial charge on any atom is 0.267 e. The molecule has 0 bridgehead atoms. The third-order valence-electron chi connectivity index (χ3n) is 3.68. The zero-order valence-electron chi connectivity index (χ0n) is 11.1. The Balaban J connectivity index is 1.86. The normalized spacial score (nSPS) is 15.4. The molecule has 0 radical (unpaired) electrons. The van der Waals surface area contributed by atoms with E-state index in [4.69, 9.17) is 5.73 Å². The van der Waals surface area contributed by atoms with E-state index in [0.29, 0.717) is 11.4 Å². The van der Waals surface area contributed by atoms with Gasteiger partial charge in [0.15, 0.2) is 0 Å². The highest BCUT2D eigenvalue weighted by atomic mass is 16.1. The Labute approximate surface area is 109 Å². The Hall–Kier alpha value is -1.45. The van der Waals surface area contributed by atoms with Gasteiger partial charge in [0.05, 0.1) is 5.69 Å². The fourth-order valence-corrected chi connectivity index (χ4v) is 2.41. The summed E-state index contributed by atoms with van der Waals surface area (Å²) >= 11 is 0. The number of amides is 1. The number of anilines is 1. The first-order valence-electron chi connectivity index (χ1n) is 6.94. The largest absolute Gasteiger partial charge is 0.397 e. The third-order valence-corrected chi connectivity index (χ3v) is 3.68. The number of hydrogen-bond acceptors (Lipinski definition) is 2. The number of nitrogen functional groups attached to an aromatic ring is 1. The maximum atomic E-state index is 12.1. The third kappa shape index (κ3) is 3.06. The van der Waals surface area contributed by atoms with E-state index in [9.17, 15) is 4.79 Å². The molecule has 3 N–H and O–H groups in total. The molecule has 2 rings (SSSR count). The molecule has 1 amide bonds. The number of aryl methyl sites for hydroxylation is 1. The molecule has 1 aromatic rings. The van der Waals surface area contributed by atoms with Gasteiger partial charge in [0.25, 0.3) is 5.91 Å². The highest BCUT2D eigenvalue weighted by Gasteiger charge is 2.18. The van der Waals surface area contributed by atoms with Crippen LogP contribution < -0.4 is 11.1 Å². The lowest BCUT2D eigenvalue weighted by Crippen LogP contribution is -2.29. The molecule has 0 unspecified atom stereocenters. The lowest BCUT2D eigenvalue weighted by molar-refractivity contribution is 0.0939. The second kappa shape index (κ2) is 5.94. The summed E-state index contributed by atoms with van der Waals surface area (Å²) in [5, 5.41) is 2.99. The molecular weight excluding hydrogens is 226 g/mol. The Morgan fingerprint density at radius 2 is 2.33 bits per heavy atom. The summed E-state index contributed by atoms with van der Waals surface area (Å²) < 4.78 is 1.94. The molecule has 1 aliphatic carbocycles. The number of aromatic nitrogens is 1. The molecule has 0 atom stereocenters. The maximum absolute atomic E-state index is 12.1. The molecule has 1 aromatic heterocycles. The van der Waals surface area contributed by atoms with Crippen LogP contribution in [0, 0.1) is 5.92 Å². The van der Waals surface area contributed by atoms with Gasteiger partial charge in [-0.05, 0) is 24.8 Å². The first-order chi connectivity index (χ1) is 8.70. The molecular formula is C14H23N3O. The molecule has 18 heavy (non-hydrogen) atoms. The standard InChI is InChI=1S/C14H23N3O/c1-2-8-17-10-12(15)9-13(17)14(18)16-7-6-11-4-3-5-11/h9-11H,2-8,15H2,1H3,(H,16,18). The van der Waals surface area contributed by atoms with Crippen LogP contribution in [0.2, 0.25) is 0 Å². The number of nitrogens with zero attached hydrogens (tertiary/aromatic N) is 1. The Bertz CT molecular complexity index is 407. The molecule has 0 aliphatic heterocycles. The second-order valence-corrected chi connectivity index (χ2v) is 5.19. The van der Waals surface area contributed by atoms with Crippen LogP contribution in [0.25, 0.3) is 0 Å². The summed E-state index contributed by atoms with van der Waals surface area (Å²) in [6, 6.07) is 1.76. The van der Waals surface area contributed by atoms with E-state index in [1.165, 1.54) is 19.3 Å². The van der Waals surface area contributed by atoms with E-state index in [1.807, 2.05) is 10.8 Å². The first kappa shape index (κ1) is 13.0. The molecule has 1 aliphatic rings.